The second-order valence-electron chi connectivity index (χ2n) is 4.57. The normalized spacial score (nSPS) is 19.1. The van der Waals surface area contributed by atoms with Gasteiger partial charge in [-0.25, -0.2) is 0 Å². The molecule has 1 aromatic rings. The second-order valence-corrected chi connectivity index (χ2v) is 5.32. The quantitative estimate of drug-likeness (QED) is 0.810. The summed E-state index contributed by atoms with van der Waals surface area (Å²) in [4.78, 5) is 37.5. The van der Waals surface area contributed by atoms with Gasteiger partial charge >= 0.3 is 0 Å². The Hall–Kier alpha value is -1.83. The maximum Gasteiger partial charge on any atom is 0.268 e. The molecule has 0 aliphatic carbocycles. The average molecular weight is 296 g/mol. The molecule has 1 saturated heterocycles. The van der Waals surface area contributed by atoms with Gasteiger partial charge in [0.15, 0.2) is 0 Å². The van der Waals surface area contributed by atoms with Gasteiger partial charge in [-0.05, 0) is 24.4 Å². The van der Waals surface area contributed by atoms with Gasteiger partial charge < -0.3 is 4.90 Å². The second kappa shape index (κ2) is 6.08. The van der Waals surface area contributed by atoms with E-state index in [4.69, 9.17) is 0 Å². The number of hydrogen-bond donors (Lipinski definition) is 1. The van der Waals surface area contributed by atoms with Crippen LogP contribution in [0.1, 0.15) is 42.1 Å². The molecule has 8 heteroatoms. The molecule has 1 aromatic heterocycles. The van der Waals surface area contributed by atoms with Crippen molar-refractivity contribution in [2.24, 2.45) is 0 Å². The lowest BCUT2D eigenvalue weighted by Crippen LogP contribution is -2.59. The molecule has 1 fully saturated rings. The van der Waals surface area contributed by atoms with E-state index < -0.39 is 17.9 Å². The summed E-state index contributed by atoms with van der Waals surface area (Å²) in [5.74, 6) is -1.22. The Labute approximate surface area is 120 Å². The molecule has 1 N–H and O–H groups in total. The third-order valence-electron chi connectivity index (χ3n) is 3.14. The van der Waals surface area contributed by atoms with Gasteiger partial charge in [0.05, 0.1) is 5.69 Å². The predicted molar refractivity (Wildman–Crippen MR) is 72.2 cm³/mol. The van der Waals surface area contributed by atoms with Crippen LogP contribution in [0.5, 0.6) is 0 Å². The standard InChI is InChI=1S/C12H16N4O3S/c1-3-5-7-10(20-15-14-7)12(19)16-6-9(17)13-11(18)8(16)4-2/h8H,3-6H2,1-2H3,(H,13,17,18). The molecule has 0 radical (unpaired) electrons. The molecule has 1 unspecified atom stereocenters. The highest BCUT2D eigenvalue weighted by atomic mass is 32.1. The molecule has 0 spiro atoms. The summed E-state index contributed by atoms with van der Waals surface area (Å²) in [5.41, 5.74) is 0.635. The fraction of sp³-hybridized carbons (Fsp3) is 0.583. The molecular formula is C12H16N4O3S. The van der Waals surface area contributed by atoms with Crippen molar-refractivity contribution in [1.82, 2.24) is 19.8 Å². The number of aryl methyl sites for hydroxylation is 1. The zero-order chi connectivity index (χ0) is 14.7. The van der Waals surface area contributed by atoms with Gasteiger partial charge in [0.1, 0.15) is 17.5 Å². The van der Waals surface area contributed by atoms with Crippen LogP contribution >= 0.6 is 11.5 Å². The zero-order valence-corrected chi connectivity index (χ0v) is 12.2. The lowest BCUT2D eigenvalue weighted by molar-refractivity contribution is -0.138. The van der Waals surface area contributed by atoms with E-state index in [1.165, 1.54) is 4.90 Å². The Kier molecular flexibility index (Phi) is 4.43. The van der Waals surface area contributed by atoms with Crippen LogP contribution in [0.3, 0.4) is 0 Å². The lowest BCUT2D eigenvalue weighted by atomic mass is 10.1. The number of aromatic nitrogens is 2. The molecule has 2 rings (SSSR count). The van der Waals surface area contributed by atoms with Crippen LogP contribution in [0.25, 0.3) is 0 Å². The van der Waals surface area contributed by atoms with E-state index in [0.29, 0.717) is 23.4 Å². The van der Waals surface area contributed by atoms with Crippen molar-refractivity contribution in [3.05, 3.63) is 10.6 Å². The highest BCUT2D eigenvalue weighted by Gasteiger charge is 2.37. The van der Waals surface area contributed by atoms with Crippen LogP contribution in [-0.4, -0.2) is 44.8 Å². The van der Waals surface area contributed by atoms with Gasteiger partial charge in [-0.1, -0.05) is 24.8 Å². The van der Waals surface area contributed by atoms with E-state index in [2.05, 4.69) is 14.9 Å². The van der Waals surface area contributed by atoms with Gasteiger partial charge in [-0.3, -0.25) is 19.7 Å². The number of rotatable bonds is 4. The van der Waals surface area contributed by atoms with E-state index in [-0.39, 0.29) is 12.5 Å². The van der Waals surface area contributed by atoms with Crippen molar-refractivity contribution in [3.8, 4) is 0 Å². The predicted octanol–water partition coefficient (Wildman–Crippen LogP) is 0.368. The summed E-state index contributed by atoms with van der Waals surface area (Å²) in [6, 6.07) is -0.614. The van der Waals surface area contributed by atoms with Crippen LogP contribution < -0.4 is 5.32 Å². The number of hydrogen-bond acceptors (Lipinski definition) is 6. The molecule has 3 amide bonds. The third-order valence-corrected chi connectivity index (χ3v) is 3.90. The monoisotopic (exact) mass is 296 g/mol. The number of nitrogens with zero attached hydrogens (tertiary/aromatic N) is 3. The van der Waals surface area contributed by atoms with E-state index in [9.17, 15) is 14.4 Å². The summed E-state index contributed by atoms with van der Waals surface area (Å²) in [7, 11) is 0. The number of carbonyl (C=O) groups is 3. The number of nitrogens with one attached hydrogen (secondary N) is 1. The Bertz CT molecular complexity index is 543. The minimum absolute atomic E-state index is 0.105. The first kappa shape index (κ1) is 14.6. The minimum atomic E-state index is -0.614. The first-order chi connectivity index (χ1) is 9.58. The average Bonchev–Trinajstić information content (AvgIpc) is 2.86. The SMILES string of the molecule is CCCc1nnsc1C(=O)N1CC(=O)NC(=O)C1CC. The molecule has 1 aliphatic heterocycles. The minimum Gasteiger partial charge on any atom is -0.316 e. The van der Waals surface area contributed by atoms with Crippen molar-refractivity contribution in [2.45, 2.75) is 39.2 Å². The number of imide groups is 1. The Morgan fingerprint density at radius 1 is 1.45 bits per heavy atom. The molecule has 0 aromatic carbocycles. The van der Waals surface area contributed by atoms with E-state index >= 15 is 0 Å². The summed E-state index contributed by atoms with van der Waals surface area (Å²) in [6.45, 7) is 3.69. The summed E-state index contributed by atoms with van der Waals surface area (Å²) in [5, 5.41) is 6.20. The first-order valence-corrected chi connectivity index (χ1v) is 7.31. The van der Waals surface area contributed by atoms with E-state index in [1.807, 2.05) is 6.92 Å². The van der Waals surface area contributed by atoms with Gasteiger partial charge in [0, 0.05) is 0 Å². The lowest BCUT2D eigenvalue weighted by Gasteiger charge is -2.33. The van der Waals surface area contributed by atoms with Crippen LogP contribution in [-0.2, 0) is 16.0 Å². The molecule has 0 bridgehead atoms. The number of piperazine rings is 1. The first-order valence-electron chi connectivity index (χ1n) is 6.54. The highest BCUT2D eigenvalue weighted by Crippen LogP contribution is 2.19. The van der Waals surface area contributed by atoms with Crippen molar-refractivity contribution in [3.63, 3.8) is 0 Å². The molecule has 1 aliphatic rings. The Morgan fingerprint density at radius 2 is 2.20 bits per heavy atom. The Balaban J connectivity index is 2.27. The van der Waals surface area contributed by atoms with Gasteiger partial charge in [0.25, 0.3) is 5.91 Å². The molecular weight excluding hydrogens is 280 g/mol. The van der Waals surface area contributed by atoms with Crippen LogP contribution in [0.2, 0.25) is 0 Å². The number of amides is 3. The van der Waals surface area contributed by atoms with Crippen LogP contribution in [0.4, 0.5) is 0 Å². The highest BCUT2D eigenvalue weighted by molar-refractivity contribution is 7.08. The zero-order valence-electron chi connectivity index (χ0n) is 11.4. The third kappa shape index (κ3) is 2.69. The molecule has 7 nitrogen and oxygen atoms in total. The van der Waals surface area contributed by atoms with Gasteiger partial charge in [0.2, 0.25) is 11.8 Å². The van der Waals surface area contributed by atoms with Crippen LogP contribution in [0, 0.1) is 0 Å². The topological polar surface area (TPSA) is 92.3 Å². The largest absolute Gasteiger partial charge is 0.316 e. The molecule has 1 atom stereocenters. The summed E-state index contributed by atoms with van der Waals surface area (Å²) >= 11 is 1.01. The fourth-order valence-corrected chi connectivity index (χ4v) is 2.85. The molecule has 108 valence electrons. The molecule has 2 heterocycles. The Morgan fingerprint density at radius 3 is 2.85 bits per heavy atom. The summed E-state index contributed by atoms with van der Waals surface area (Å²) < 4.78 is 3.80. The van der Waals surface area contributed by atoms with Crippen molar-refractivity contribution in [2.75, 3.05) is 6.54 Å². The maximum atomic E-state index is 12.5. The van der Waals surface area contributed by atoms with Gasteiger partial charge in [-0.15, -0.1) is 5.10 Å². The van der Waals surface area contributed by atoms with Crippen molar-refractivity contribution >= 4 is 29.3 Å². The van der Waals surface area contributed by atoms with E-state index in [1.54, 1.807) is 6.92 Å². The molecule has 0 saturated carbocycles. The van der Waals surface area contributed by atoms with E-state index in [0.717, 1.165) is 18.0 Å². The van der Waals surface area contributed by atoms with Crippen LogP contribution in [0.15, 0.2) is 0 Å². The summed E-state index contributed by atoms with van der Waals surface area (Å²) in [6.07, 6.45) is 1.96. The van der Waals surface area contributed by atoms with Crippen molar-refractivity contribution < 1.29 is 14.4 Å². The maximum absolute atomic E-state index is 12.5. The number of carbonyl (C=O) groups excluding carboxylic acids is 3. The fourth-order valence-electron chi connectivity index (χ4n) is 2.19. The van der Waals surface area contributed by atoms with Gasteiger partial charge in [-0.2, -0.15) is 0 Å². The van der Waals surface area contributed by atoms with Crippen molar-refractivity contribution in [1.29, 1.82) is 0 Å². The molecule has 20 heavy (non-hydrogen) atoms. The smallest absolute Gasteiger partial charge is 0.268 e.